The molecule has 1 aliphatic heterocycles. The summed E-state index contributed by atoms with van der Waals surface area (Å²) in [5, 5.41) is 11.5. The van der Waals surface area contributed by atoms with Crippen molar-refractivity contribution in [3.05, 3.63) is 17.5 Å². The highest BCUT2D eigenvalue weighted by atomic mass is 16.1. The Bertz CT molecular complexity index is 624. The molecule has 0 aromatic carbocycles. The van der Waals surface area contributed by atoms with Crippen LogP contribution in [0.25, 0.3) is 0 Å². The molecular weight excluding hydrogens is 312 g/mol. The summed E-state index contributed by atoms with van der Waals surface area (Å²) in [6.07, 6.45) is 6.03. The van der Waals surface area contributed by atoms with Gasteiger partial charge in [-0.1, -0.05) is 13.8 Å². The third-order valence-corrected chi connectivity index (χ3v) is 5.15. The van der Waals surface area contributed by atoms with Gasteiger partial charge in [0.25, 0.3) is 5.91 Å². The molecule has 1 saturated carbocycles. The predicted molar refractivity (Wildman–Crippen MR) is 101 cm³/mol. The zero-order chi connectivity index (χ0) is 18.4. The maximum atomic E-state index is 13.0. The summed E-state index contributed by atoms with van der Waals surface area (Å²) in [5.74, 6) is 1.10. The van der Waals surface area contributed by atoms with E-state index < -0.39 is 0 Å². The van der Waals surface area contributed by atoms with Gasteiger partial charge >= 0.3 is 0 Å². The fraction of sp³-hybridized carbons (Fsp3) is 0.800. The summed E-state index contributed by atoms with van der Waals surface area (Å²) in [6.45, 7) is 14.1. The highest BCUT2D eigenvalue weighted by Crippen LogP contribution is 2.42. The van der Waals surface area contributed by atoms with Crippen molar-refractivity contribution in [2.24, 2.45) is 5.92 Å². The van der Waals surface area contributed by atoms with Crippen LogP contribution in [0.1, 0.15) is 89.2 Å². The number of amides is 1. The molecule has 2 heterocycles. The first kappa shape index (κ1) is 18.4. The molecule has 2 fully saturated rings. The Hall–Kier alpha value is -1.36. The Kier molecular flexibility index (Phi) is 4.73. The van der Waals surface area contributed by atoms with Gasteiger partial charge in [-0.15, -0.1) is 0 Å². The molecule has 2 N–H and O–H groups in total. The van der Waals surface area contributed by atoms with E-state index in [-0.39, 0.29) is 23.0 Å². The highest BCUT2D eigenvalue weighted by Gasteiger charge is 2.39. The molecule has 2 aliphatic rings. The van der Waals surface area contributed by atoms with E-state index in [2.05, 4.69) is 62.0 Å². The van der Waals surface area contributed by atoms with Gasteiger partial charge < -0.3 is 10.6 Å². The van der Waals surface area contributed by atoms with Gasteiger partial charge in [0.05, 0.1) is 17.5 Å². The summed E-state index contributed by atoms with van der Waals surface area (Å²) >= 11 is 0. The largest absolute Gasteiger partial charge is 0.349 e. The van der Waals surface area contributed by atoms with Crippen LogP contribution in [-0.4, -0.2) is 32.8 Å². The molecule has 1 aromatic heterocycles. The van der Waals surface area contributed by atoms with Crippen molar-refractivity contribution in [1.29, 1.82) is 0 Å². The van der Waals surface area contributed by atoms with Gasteiger partial charge in [0.15, 0.2) is 0 Å². The van der Waals surface area contributed by atoms with Gasteiger partial charge in [-0.3, -0.25) is 9.48 Å². The summed E-state index contributed by atoms with van der Waals surface area (Å²) in [4.78, 5) is 13.0. The first-order valence-corrected chi connectivity index (χ1v) is 9.72. The van der Waals surface area contributed by atoms with Gasteiger partial charge in [0, 0.05) is 29.6 Å². The summed E-state index contributed by atoms with van der Waals surface area (Å²) in [7, 11) is 0. The SMILES string of the molecule is CC(C)Cn1ncc(C(=O)NC2CC(C)(C)NC(C)(C)C2)c1C1CC1. The van der Waals surface area contributed by atoms with Crippen LogP contribution in [-0.2, 0) is 6.54 Å². The van der Waals surface area contributed by atoms with Crippen molar-refractivity contribution >= 4 is 5.91 Å². The van der Waals surface area contributed by atoms with Crippen molar-refractivity contribution in [2.75, 3.05) is 0 Å². The lowest BCUT2D eigenvalue weighted by atomic mass is 9.79. The minimum Gasteiger partial charge on any atom is -0.349 e. The molecule has 1 aliphatic carbocycles. The number of carbonyl (C=O) groups excluding carboxylic acids is 1. The molecule has 0 atom stereocenters. The second-order valence-corrected chi connectivity index (χ2v) is 9.77. The van der Waals surface area contributed by atoms with Crippen LogP contribution in [0, 0.1) is 5.92 Å². The quantitative estimate of drug-likeness (QED) is 0.858. The molecular formula is C20H34N4O. The number of piperidine rings is 1. The average Bonchev–Trinajstić information content (AvgIpc) is 3.16. The Morgan fingerprint density at radius 1 is 1.28 bits per heavy atom. The molecule has 140 valence electrons. The minimum absolute atomic E-state index is 0.0286. The maximum Gasteiger partial charge on any atom is 0.254 e. The number of hydrogen-bond acceptors (Lipinski definition) is 3. The topological polar surface area (TPSA) is 59.0 Å². The zero-order valence-corrected chi connectivity index (χ0v) is 16.6. The van der Waals surface area contributed by atoms with Gasteiger partial charge in [-0.2, -0.15) is 5.10 Å². The van der Waals surface area contributed by atoms with Gasteiger partial charge in [0.2, 0.25) is 0 Å². The van der Waals surface area contributed by atoms with Crippen LogP contribution in [0.2, 0.25) is 0 Å². The number of hydrogen-bond donors (Lipinski definition) is 2. The van der Waals surface area contributed by atoms with Crippen molar-refractivity contribution in [3.8, 4) is 0 Å². The van der Waals surface area contributed by atoms with E-state index >= 15 is 0 Å². The molecule has 3 rings (SSSR count). The summed E-state index contributed by atoms with van der Waals surface area (Å²) in [6, 6.07) is 0.194. The van der Waals surface area contributed by atoms with E-state index in [0.717, 1.165) is 30.6 Å². The first-order chi connectivity index (χ1) is 11.6. The van der Waals surface area contributed by atoms with Crippen molar-refractivity contribution in [1.82, 2.24) is 20.4 Å². The normalized spacial score (nSPS) is 23.0. The van der Waals surface area contributed by atoms with Gasteiger partial charge in [-0.25, -0.2) is 0 Å². The molecule has 5 heteroatoms. The molecule has 0 spiro atoms. The zero-order valence-electron chi connectivity index (χ0n) is 16.6. The fourth-order valence-electron chi connectivity index (χ4n) is 4.54. The average molecular weight is 347 g/mol. The van der Waals surface area contributed by atoms with Crippen LogP contribution in [0.3, 0.4) is 0 Å². The number of aromatic nitrogens is 2. The van der Waals surface area contributed by atoms with Gasteiger partial charge in [0.1, 0.15) is 0 Å². The Balaban J connectivity index is 1.76. The molecule has 5 nitrogen and oxygen atoms in total. The number of rotatable bonds is 5. The highest BCUT2D eigenvalue weighted by molar-refractivity contribution is 5.95. The summed E-state index contributed by atoms with van der Waals surface area (Å²) in [5.41, 5.74) is 2.00. The van der Waals surface area contributed by atoms with Crippen LogP contribution in [0.15, 0.2) is 6.20 Å². The third-order valence-electron chi connectivity index (χ3n) is 5.15. The van der Waals surface area contributed by atoms with Crippen LogP contribution in [0.5, 0.6) is 0 Å². The number of nitrogens with one attached hydrogen (secondary N) is 2. The molecule has 1 aromatic rings. The van der Waals surface area contributed by atoms with Crippen molar-refractivity contribution in [3.63, 3.8) is 0 Å². The van der Waals surface area contributed by atoms with E-state index in [4.69, 9.17) is 0 Å². The van der Waals surface area contributed by atoms with Crippen LogP contribution >= 0.6 is 0 Å². The minimum atomic E-state index is 0.0286. The van der Waals surface area contributed by atoms with E-state index in [0.29, 0.717) is 11.8 Å². The van der Waals surface area contributed by atoms with E-state index in [1.165, 1.54) is 12.8 Å². The Morgan fingerprint density at radius 2 is 1.88 bits per heavy atom. The van der Waals surface area contributed by atoms with Crippen molar-refractivity contribution < 1.29 is 4.79 Å². The molecule has 25 heavy (non-hydrogen) atoms. The fourth-order valence-corrected chi connectivity index (χ4v) is 4.54. The lowest BCUT2D eigenvalue weighted by Crippen LogP contribution is -2.62. The predicted octanol–water partition coefficient (Wildman–Crippen LogP) is 3.46. The monoisotopic (exact) mass is 346 g/mol. The summed E-state index contributed by atoms with van der Waals surface area (Å²) < 4.78 is 2.06. The molecule has 1 amide bonds. The van der Waals surface area contributed by atoms with Crippen LogP contribution in [0.4, 0.5) is 0 Å². The standard InChI is InChI=1S/C20H34N4O/c1-13(2)12-24-17(14-7-8-14)16(11-21-24)18(25)22-15-9-19(3,4)23-20(5,6)10-15/h11,13-15,23H,7-10,12H2,1-6H3,(H,22,25). The second kappa shape index (κ2) is 6.42. The lowest BCUT2D eigenvalue weighted by molar-refractivity contribution is 0.0872. The van der Waals surface area contributed by atoms with Gasteiger partial charge in [-0.05, 0) is 59.3 Å². The maximum absolute atomic E-state index is 13.0. The number of carbonyl (C=O) groups is 1. The Labute approximate surface area is 151 Å². The molecule has 1 saturated heterocycles. The third kappa shape index (κ3) is 4.43. The first-order valence-electron chi connectivity index (χ1n) is 9.72. The second-order valence-electron chi connectivity index (χ2n) is 9.77. The number of nitrogens with zero attached hydrogens (tertiary/aromatic N) is 2. The Morgan fingerprint density at radius 3 is 2.40 bits per heavy atom. The lowest BCUT2D eigenvalue weighted by Gasteiger charge is -2.46. The van der Waals surface area contributed by atoms with E-state index in [1.54, 1.807) is 6.20 Å². The van der Waals surface area contributed by atoms with E-state index in [1.807, 2.05) is 0 Å². The molecule has 0 radical (unpaired) electrons. The smallest absolute Gasteiger partial charge is 0.254 e. The van der Waals surface area contributed by atoms with E-state index in [9.17, 15) is 4.79 Å². The van der Waals surface area contributed by atoms with Crippen LogP contribution < -0.4 is 10.6 Å². The molecule has 0 unspecified atom stereocenters. The van der Waals surface area contributed by atoms with Crippen molar-refractivity contribution in [2.45, 2.75) is 96.8 Å². The molecule has 0 bridgehead atoms.